The molecule has 3 rings (SSSR count). The van der Waals surface area contributed by atoms with E-state index in [-0.39, 0.29) is 11.7 Å². The van der Waals surface area contributed by atoms with Crippen LogP contribution in [0.2, 0.25) is 5.02 Å². The summed E-state index contributed by atoms with van der Waals surface area (Å²) >= 11 is 5.93. The minimum Gasteiger partial charge on any atom is -0.508 e. The normalized spacial score (nSPS) is 11.0. The van der Waals surface area contributed by atoms with Crippen LogP contribution in [-0.2, 0) is 11.2 Å². The number of aryl methyl sites for hydroxylation is 1. The fourth-order valence-corrected chi connectivity index (χ4v) is 3.51. The van der Waals surface area contributed by atoms with Crippen molar-refractivity contribution in [2.75, 3.05) is 0 Å². The highest BCUT2D eigenvalue weighted by Crippen LogP contribution is 2.40. The molecule has 0 atom stereocenters. The highest BCUT2D eigenvalue weighted by atomic mass is 35.5. The van der Waals surface area contributed by atoms with E-state index in [0.717, 1.165) is 12.8 Å². The summed E-state index contributed by atoms with van der Waals surface area (Å²) in [5.74, 6) is -0.298. The van der Waals surface area contributed by atoms with Crippen LogP contribution in [0.1, 0.15) is 48.3 Å². The van der Waals surface area contributed by atoms with Crippen LogP contribution in [0.4, 0.5) is 0 Å². The number of nitrogens with zero attached hydrogens (tertiary/aromatic N) is 1. The van der Waals surface area contributed by atoms with Crippen molar-refractivity contribution in [2.24, 2.45) is 0 Å². The maximum atomic E-state index is 13.2. The summed E-state index contributed by atoms with van der Waals surface area (Å²) in [7, 11) is 0. The number of phenols is 1. The van der Waals surface area contributed by atoms with Crippen LogP contribution < -0.4 is 4.74 Å². The lowest BCUT2D eigenvalue weighted by atomic mass is 10.0. The molecule has 0 radical (unpaired) electrons. The van der Waals surface area contributed by atoms with Gasteiger partial charge in [-0.15, -0.1) is 0 Å². The van der Waals surface area contributed by atoms with Gasteiger partial charge in [0.2, 0.25) is 0 Å². The Morgan fingerprint density at radius 1 is 1.14 bits per heavy atom. The van der Waals surface area contributed by atoms with Crippen LogP contribution in [0.25, 0.3) is 10.9 Å². The zero-order valence-corrected chi connectivity index (χ0v) is 16.8. The number of carbonyl (C=O) groups excluding carboxylic acids is 2. The van der Waals surface area contributed by atoms with Crippen molar-refractivity contribution in [2.45, 2.75) is 40.0 Å². The van der Waals surface area contributed by atoms with Gasteiger partial charge in [0, 0.05) is 23.1 Å². The quantitative estimate of drug-likeness (QED) is 0.594. The van der Waals surface area contributed by atoms with Crippen LogP contribution >= 0.6 is 11.6 Å². The molecule has 0 amide bonds. The molecule has 0 aliphatic carbocycles. The van der Waals surface area contributed by atoms with Crippen molar-refractivity contribution in [3.05, 3.63) is 58.2 Å². The van der Waals surface area contributed by atoms with Crippen molar-refractivity contribution < 1.29 is 19.4 Å². The fourth-order valence-electron chi connectivity index (χ4n) is 3.39. The number of hydrogen-bond donors (Lipinski definition) is 1. The molecular weight excluding hydrogens is 378 g/mol. The number of phenolic OH excluding ortho intramolecular Hbond substituents is 1. The molecule has 0 saturated carbocycles. The first-order chi connectivity index (χ1) is 13.3. The minimum absolute atomic E-state index is 0.130. The predicted octanol–water partition coefficient (Wildman–Crippen LogP) is 5.27. The molecule has 146 valence electrons. The van der Waals surface area contributed by atoms with Gasteiger partial charge >= 0.3 is 5.97 Å². The summed E-state index contributed by atoms with van der Waals surface area (Å²) in [5.41, 5.74) is 2.24. The molecule has 0 spiro atoms. The lowest BCUT2D eigenvalue weighted by Gasteiger charge is -2.09. The second-order valence-corrected chi connectivity index (χ2v) is 7.15. The molecule has 1 heterocycles. The Kier molecular flexibility index (Phi) is 5.75. The van der Waals surface area contributed by atoms with Crippen LogP contribution in [0.5, 0.6) is 11.5 Å². The minimum atomic E-state index is -0.481. The molecule has 5 nitrogen and oxygen atoms in total. The molecule has 2 aromatic carbocycles. The van der Waals surface area contributed by atoms with E-state index in [1.165, 1.54) is 11.5 Å². The van der Waals surface area contributed by atoms with Gasteiger partial charge in [0.1, 0.15) is 5.75 Å². The second-order valence-electron chi connectivity index (χ2n) is 6.72. The molecule has 28 heavy (non-hydrogen) atoms. The second kappa shape index (κ2) is 8.07. The van der Waals surface area contributed by atoms with Crippen molar-refractivity contribution in [1.82, 2.24) is 4.57 Å². The number of carbonyl (C=O) groups is 2. The van der Waals surface area contributed by atoms with Crippen LogP contribution in [0.3, 0.4) is 0 Å². The van der Waals surface area contributed by atoms with Crippen molar-refractivity contribution in [3.8, 4) is 11.5 Å². The number of rotatable bonds is 5. The molecule has 0 saturated heterocycles. The largest absolute Gasteiger partial charge is 0.508 e. The molecule has 0 fully saturated rings. The maximum absolute atomic E-state index is 13.2. The summed E-state index contributed by atoms with van der Waals surface area (Å²) in [6, 6.07) is 9.87. The zero-order chi connectivity index (χ0) is 20.4. The number of unbranched alkanes of at least 4 members (excludes halogenated alkanes) is 1. The fraction of sp³-hybridized carbons (Fsp3) is 0.273. The SMILES string of the molecule is CCCCc1c(O)ccc2c1c(OC(C)=O)c(C)n2C(=O)c1ccc(Cl)cc1. The van der Waals surface area contributed by atoms with Crippen LogP contribution in [0, 0.1) is 6.92 Å². The third-order valence-electron chi connectivity index (χ3n) is 4.72. The smallest absolute Gasteiger partial charge is 0.308 e. The first-order valence-corrected chi connectivity index (χ1v) is 9.57. The lowest BCUT2D eigenvalue weighted by molar-refractivity contribution is -0.131. The van der Waals surface area contributed by atoms with E-state index in [9.17, 15) is 14.7 Å². The van der Waals surface area contributed by atoms with Gasteiger partial charge in [0.05, 0.1) is 16.6 Å². The predicted molar refractivity (Wildman–Crippen MR) is 109 cm³/mol. The number of benzene rings is 2. The average molecular weight is 400 g/mol. The number of aromatic hydroxyl groups is 1. The Bertz CT molecular complexity index is 1050. The highest BCUT2D eigenvalue weighted by Gasteiger charge is 2.25. The van der Waals surface area contributed by atoms with Crippen LogP contribution in [0.15, 0.2) is 36.4 Å². The Hall–Kier alpha value is -2.79. The van der Waals surface area contributed by atoms with Crippen LogP contribution in [-0.4, -0.2) is 21.6 Å². The van der Waals surface area contributed by atoms with Gasteiger partial charge in [0.25, 0.3) is 5.91 Å². The highest BCUT2D eigenvalue weighted by molar-refractivity contribution is 6.30. The monoisotopic (exact) mass is 399 g/mol. The Morgan fingerprint density at radius 3 is 2.43 bits per heavy atom. The van der Waals surface area contributed by atoms with E-state index in [0.29, 0.717) is 44.9 Å². The first-order valence-electron chi connectivity index (χ1n) is 9.19. The van der Waals surface area contributed by atoms with Crippen molar-refractivity contribution >= 4 is 34.4 Å². The van der Waals surface area contributed by atoms with Gasteiger partial charge in [-0.1, -0.05) is 24.9 Å². The van der Waals surface area contributed by atoms with E-state index >= 15 is 0 Å². The number of ether oxygens (including phenoxy) is 1. The third kappa shape index (κ3) is 3.62. The lowest BCUT2D eigenvalue weighted by Crippen LogP contribution is -2.13. The summed E-state index contributed by atoms with van der Waals surface area (Å²) < 4.78 is 7.00. The Balaban J connectivity index is 2.28. The molecule has 0 aliphatic rings. The zero-order valence-electron chi connectivity index (χ0n) is 16.1. The summed E-state index contributed by atoms with van der Waals surface area (Å²) in [6.07, 6.45) is 2.43. The number of hydrogen-bond acceptors (Lipinski definition) is 4. The van der Waals surface area contributed by atoms with Crippen molar-refractivity contribution in [1.29, 1.82) is 0 Å². The van der Waals surface area contributed by atoms with E-state index in [2.05, 4.69) is 6.92 Å². The van der Waals surface area contributed by atoms with Crippen molar-refractivity contribution in [3.63, 3.8) is 0 Å². The van der Waals surface area contributed by atoms with Gasteiger partial charge in [0.15, 0.2) is 5.75 Å². The molecule has 0 bridgehead atoms. The average Bonchev–Trinajstić information content (AvgIpc) is 2.92. The Labute approximate surface area is 168 Å². The maximum Gasteiger partial charge on any atom is 0.308 e. The molecule has 3 aromatic rings. The molecular formula is C22H22ClNO4. The summed E-state index contributed by atoms with van der Waals surface area (Å²) in [6.45, 7) is 5.11. The molecule has 0 aliphatic heterocycles. The molecule has 1 aromatic heterocycles. The van der Waals surface area contributed by atoms with Gasteiger partial charge in [-0.25, -0.2) is 0 Å². The van der Waals surface area contributed by atoms with E-state index in [1.54, 1.807) is 43.3 Å². The number of esters is 1. The molecule has 0 unspecified atom stereocenters. The number of aromatic nitrogens is 1. The standard InChI is InChI=1S/C22H22ClNO4/c1-4-5-6-17-19(26)12-11-18-20(17)21(28-14(3)25)13(2)24(18)22(27)15-7-9-16(23)10-8-15/h7-12,26H,4-6H2,1-3H3. The topological polar surface area (TPSA) is 68.5 Å². The molecule has 6 heteroatoms. The van der Waals surface area contributed by atoms with Gasteiger partial charge in [-0.3, -0.25) is 14.2 Å². The van der Waals surface area contributed by atoms with Gasteiger partial charge in [-0.05, 0) is 56.2 Å². The summed E-state index contributed by atoms with van der Waals surface area (Å²) in [4.78, 5) is 24.9. The summed E-state index contributed by atoms with van der Waals surface area (Å²) in [5, 5.41) is 11.6. The van der Waals surface area contributed by atoms with E-state index in [4.69, 9.17) is 16.3 Å². The third-order valence-corrected chi connectivity index (χ3v) is 4.97. The van der Waals surface area contributed by atoms with E-state index in [1.807, 2.05) is 0 Å². The number of halogens is 1. The Morgan fingerprint density at radius 2 is 1.82 bits per heavy atom. The van der Waals surface area contributed by atoms with E-state index < -0.39 is 5.97 Å². The number of fused-ring (bicyclic) bond motifs is 1. The van der Waals surface area contributed by atoms with Gasteiger partial charge < -0.3 is 9.84 Å². The van der Waals surface area contributed by atoms with Gasteiger partial charge in [-0.2, -0.15) is 0 Å². The molecule has 1 N–H and O–H groups in total. The first kappa shape index (κ1) is 20.0.